The predicted octanol–water partition coefficient (Wildman–Crippen LogP) is 33.6. The van der Waals surface area contributed by atoms with Crippen molar-refractivity contribution in [2.24, 2.45) is 33.5 Å². The molecule has 12 nitrogen and oxygen atoms in total. The van der Waals surface area contributed by atoms with Crippen LogP contribution in [0.15, 0.2) is 232 Å². The van der Waals surface area contributed by atoms with Crippen LogP contribution in [0, 0.1) is 132 Å². The van der Waals surface area contributed by atoms with Crippen molar-refractivity contribution in [1.29, 1.82) is 0 Å². The van der Waals surface area contributed by atoms with Crippen LogP contribution in [0.5, 0.6) is 0 Å². The van der Waals surface area contributed by atoms with Gasteiger partial charge in [-0.25, -0.2) is 15.0 Å². The first-order valence-corrected chi connectivity index (χ1v) is 47.7. The predicted molar refractivity (Wildman–Crippen MR) is 574 cm³/mol. The van der Waals surface area contributed by atoms with E-state index in [0.717, 1.165) is 160 Å². The molecule has 0 aliphatic heterocycles. The summed E-state index contributed by atoms with van der Waals surface area (Å²) in [5.41, 5.74) is 13.3. The first-order chi connectivity index (χ1) is 78.1. The van der Waals surface area contributed by atoms with Gasteiger partial charge >= 0.3 is 0 Å². The van der Waals surface area contributed by atoms with Crippen LogP contribution in [0.25, 0.3) is 134 Å². The Morgan fingerprint density at radius 1 is 0.380 bits per heavy atom. The third kappa shape index (κ3) is 28.4. The Morgan fingerprint density at radius 3 is 1.10 bits per heavy atom. The molecule has 12 heterocycles. The van der Waals surface area contributed by atoms with Gasteiger partial charge in [-0.3, -0.25) is 0 Å². The molecule has 15 heteroatoms. The zero-order chi connectivity index (χ0) is 123. The van der Waals surface area contributed by atoms with Gasteiger partial charge in [0.15, 0.2) is 0 Å². The quantitative estimate of drug-likeness (QED) is 0.0951. The third-order valence-corrected chi connectivity index (χ3v) is 24.5. The molecule has 0 amide bonds. The maximum atomic E-state index is 9.05. The summed E-state index contributed by atoms with van der Waals surface area (Å²) in [7, 11) is 0. The number of hydrogen-bond donors (Lipinski definition) is 0. The normalized spacial score (nSPS) is 19.4. The molecule has 741 valence electrons. The molecule has 3 aliphatic rings. The van der Waals surface area contributed by atoms with Crippen molar-refractivity contribution >= 4 is 66.2 Å². The van der Waals surface area contributed by atoms with Gasteiger partial charge < -0.3 is 43.2 Å². The standard InChI is InChI=1S/C26H27N2O.C24H23N2O.C23H21N2O.3C18H22N.3Ir/c1-17-9-12-26(3,13-10-17)16-19-11-14-27-23(15-19)22-6-4-5-20-21-8-7-18(2)28-25(21)29-24(20)22;1-16-10-11-20-19-8-5-9-21(23(19)27-24(20)26-16)22-15-18(12-13-25-22)14-17-6-3-2-4-7-17;1-15-10-11-19-18-8-5-9-20(22(18)26-23(19)25-15)21-14-17(12-13-24-21)16-6-3-2-4-7-16;3*1-13-6-8-15(9-7-13)17-10-16(11-18(3,4)5)14(2)12-19-17;;;/h4-5,7-8,11,14-15,17H,9-10,12-13,16H2,1-3H3;5,8,10-13,15,17H,2-4,6-7,14H2,1H3;5,8,10-14,16H,2-4,6-7H2,1H3;3*6-8,10,12H,11H2,1-5H3;;;/q6*-1;;;/i16D2;14D2;16D;3*1D3,2D3,11D2;;;. The summed E-state index contributed by atoms with van der Waals surface area (Å²) in [4.78, 5) is 39.7. The summed E-state index contributed by atoms with van der Waals surface area (Å²) in [5, 5.41) is 5.91. The van der Waals surface area contributed by atoms with Crippen LogP contribution in [-0.2, 0) is 92.2 Å². The van der Waals surface area contributed by atoms with E-state index in [0.29, 0.717) is 90.5 Å². The molecule has 18 aromatic rings. The molecule has 142 heavy (non-hydrogen) atoms. The first kappa shape index (κ1) is 74.8. The molecule has 12 aromatic heterocycles. The summed E-state index contributed by atoms with van der Waals surface area (Å²) in [6, 6.07) is 70.7. The van der Waals surface area contributed by atoms with E-state index in [-0.39, 0.29) is 122 Å². The van der Waals surface area contributed by atoms with Gasteiger partial charge in [0.1, 0.15) is 0 Å². The minimum atomic E-state index is -2.51. The van der Waals surface area contributed by atoms with Crippen molar-refractivity contribution in [1.82, 2.24) is 44.9 Å². The molecule has 0 bridgehead atoms. The number of rotatable bonds is 14. The SMILES string of the molecule is [2H]C([2H])([2H])c1c[c-]c(-c2cc(C([2H])([2H])C(C)(C)C)c(C([2H])([2H])[2H])cn2)cc1.[2H]C([2H])([2H])c1c[c-]c(-c2cc(C([2H])([2H])C(C)(C)C)c(C([2H])([2H])[2H])cn2)cc1.[2H]C([2H])([2H])c1c[c-]c(-c2cc(C([2H])([2H])C(C)(C)C)c(C([2H])([2H])[2H])cn2)cc1.[2H]C([2H])(c1ccnc(-c2[c-]ccc3c2oc2nc(C)ccc23)c1)C1(C)CCC(C)CC1.[2H]C([2H])(c1ccnc(-c2[c-]ccc3c2oc2nc(C)ccc23)c1)C1CCCCC1.[2H]C1(c2ccnc(-c3[c-]ccc4c3oc3nc(C)ccc34)c2)CCCCC1.[Ir].[Ir].[Ir]. The minimum Gasteiger partial charge on any atom is -0.486 e. The van der Waals surface area contributed by atoms with Crippen molar-refractivity contribution in [2.45, 2.75) is 266 Å². The Kier molecular flexibility index (Phi) is 25.4. The molecule has 0 saturated heterocycles. The van der Waals surface area contributed by atoms with E-state index in [2.05, 4.69) is 107 Å². The molecule has 3 radical (unpaired) electrons. The Hall–Kier alpha value is -11.0. The van der Waals surface area contributed by atoms with Crippen LogP contribution in [0.4, 0.5) is 0 Å². The number of pyridine rings is 9. The molecule has 0 atom stereocenters. The smallest absolute Gasteiger partial charge is 0.216 e. The van der Waals surface area contributed by atoms with E-state index in [1.807, 2.05) is 124 Å². The van der Waals surface area contributed by atoms with Crippen molar-refractivity contribution in [2.75, 3.05) is 0 Å². The molecule has 0 N–H and O–H groups in total. The molecule has 3 saturated carbocycles. The fourth-order valence-electron chi connectivity index (χ4n) is 17.5. The van der Waals surface area contributed by atoms with Crippen molar-refractivity contribution in [3.8, 4) is 67.5 Å². The second-order valence-corrected chi connectivity index (χ2v) is 39.8. The fraction of sp³-hybridized carbons (Fsp3) is 0.362. The van der Waals surface area contributed by atoms with Crippen molar-refractivity contribution < 1.29 is 113 Å². The summed E-state index contributed by atoms with van der Waals surface area (Å²) in [6.45, 7) is 11.3. The van der Waals surface area contributed by atoms with E-state index in [4.69, 9.17) is 53.0 Å². The number of aromatic nitrogens is 9. The Balaban J connectivity index is 0.000000167. The van der Waals surface area contributed by atoms with Gasteiger partial charge in [-0.2, -0.15) is 0 Å². The van der Waals surface area contributed by atoms with Crippen LogP contribution in [0.3, 0.4) is 0 Å². The topological polar surface area (TPSA) is 155 Å². The average Bonchev–Trinajstić information content (AvgIpc) is 1.69. The molecule has 6 aromatic carbocycles. The van der Waals surface area contributed by atoms with Gasteiger partial charge in [-0.15, -0.1) is 161 Å². The Morgan fingerprint density at radius 2 is 0.739 bits per heavy atom. The number of benzene rings is 6. The fourth-order valence-corrected chi connectivity index (χ4v) is 17.5. The van der Waals surface area contributed by atoms with Crippen LogP contribution in [0.2, 0.25) is 0 Å². The van der Waals surface area contributed by atoms with Crippen LogP contribution in [-0.4, -0.2) is 44.9 Å². The molecule has 21 rings (SSSR count). The third-order valence-electron chi connectivity index (χ3n) is 24.5. The van der Waals surface area contributed by atoms with Gasteiger partial charge in [0.2, 0.25) is 17.1 Å². The molecule has 3 fully saturated rings. The summed E-state index contributed by atoms with van der Waals surface area (Å²) in [5.74, 6) is 0.232. The summed E-state index contributed by atoms with van der Waals surface area (Å²) in [6.07, 6.45) is 14.7. The van der Waals surface area contributed by atoms with Gasteiger partial charge in [0.25, 0.3) is 0 Å². The molecular weight excluding hydrogens is 2280 g/mol. The first-order valence-electron chi connectivity index (χ1n) is 62.2. The zero-order valence-corrected chi connectivity index (χ0v) is 89.8. The second-order valence-electron chi connectivity index (χ2n) is 39.8. The molecule has 3 aliphatic carbocycles. The molecular formula is C127H137Ir3N9O3-6. The van der Waals surface area contributed by atoms with Crippen LogP contribution in [0.1, 0.15) is 296 Å². The van der Waals surface area contributed by atoms with Gasteiger partial charge in [-0.05, 0) is 244 Å². The Bertz CT molecular complexity index is 8290. The molecule has 0 spiro atoms. The second kappa shape index (κ2) is 48.1. The summed E-state index contributed by atoms with van der Waals surface area (Å²) >= 11 is 0. The minimum absolute atomic E-state index is 0. The zero-order valence-electron chi connectivity index (χ0n) is 112. The van der Waals surface area contributed by atoms with Crippen molar-refractivity contribution in [3.63, 3.8) is 0 Å². The van der Waals surface area contributed by atoms with Gasteiger partial charge in [-0.1, -0.05) is 264 Å². The molecule has 0 unspecified atom stereocenters. The number of fused-ring (bicyclic) bond motifs is 9. The Labute approximate surface area is 924 Å². The number of nitrogens with zero attached hydrogens (tertiary/aromatic N) is 9. The van der Waals surface area contributed by atoms with E-state index >= 15 is 0 Å². The van der Waals surface area contributed by atoms with E-state index < -0.39 is 95.1 Å². The van der Waals surface area contributed by atoms with E-state index in [9.17, 15) is 0 Å². The van der Waals surface area contributed by atoms with Crippen LogP contribution < -0.4 is 0 Å². The van der Waals surface area contributed by atoms with Crippen molar-refractivity contribution in [3.05, 3.63) is 339 Å². The van der Waals surface area contributed by atoms with Gasteiger partial charge in [0, 0.05) is 170 Å². The number of aryl methyl sites for hydroxylation is 9. The average molecular weight is 2440 g/mol. The number of furan rings is 3. The van der Waals surface area contributed by atoms with E-state index in [1.165, 1.54) is 104 Å². The van der Waals surface area contributed by atoms with Crippen LogP contribution >= 0.6 is 0 Å². The summed E-state index contributed by atoms with van der Waals surface area (Å²) < 4.78 is 250. The maximum Gasteiger partial charge on any atom is 0.216 e. The monoisotopic (exact) mass is 2440 g/mol. The number of hydrogen-bond acceptors (Lipinski definition) is 12. The van der Waals surface area contributed by atoms with Gasteiger partial charge in [0.05, 0.1) is 16.7 Å². The largest absolute Gasteiger partial charge is 0.486 e. The maximum absolute atomic E-state index is 9.05. The van der Waals surface area contributed by atoms with E-state index in [1.54, 1.807) is 74.7 Å².